The number of benzene rings is 2. The smallest absolute Gasteiger partial charge is 0.227 e. The second kappa shape index (κ2) is 7.68. The Morgan fingerprint density at radius 3 is 2.64 bits per heavy atom. The average molecular weight is 341 g/mol. The quantitative estimate of drug-likeness (QED) is 0.749. The van der Waals surface area contributed by atoms with E-state index in [1.807, 2.05) is 43.0 Å². The van der Waals surface area contributed by atoms with Crippen molar-refractivity contribution in [3.8, 4) is 5.75 Å². The lowest BCUT2D eigenvalue weighted by Crippen LogP contribution is -2.34. The third kappa shape index (κ3) is 4.81. The summed E-state index contributed by atoms with van der Waals surface area (Å²) in [6.45, 7) is 4.28. The highest BCUT2D eigenvalue weighted by molar-refractivity contribution is 5.79. The van der Waals surface area contributed by atoms with Crippen molar-refractivity contribution in [1.82, 2.24) is 4.90 Å². The molecule has 2 aromatic rings. The number of nitrogens with zero attached hydrogens (tertiary/aromatic N) is 1. The average Bonchev–Trinajstić information content (AvgIpc) is 3.38. The van der Waals surface area contributed by atoms with Crippen molar-refractivity contribution in [1.29, 1.82) is 0 Å². The molecule has 0 unspecified atom stereocenters. The first-order chi connectivity index (χ1) is 12.0. The fourth-order valence-corrected chi connectivity index (χ4v) is 2.89. The zero-order valence-corrected chi connectivity index (χ0v) is 14.7. The van der Waals surface area contributed by atoms with Crippen molar-refractivity contribution in [2.75, 3.05) is 0 Å². The van der Waals surface area contributed by atoms with Gasteiger partial charge in [-0.2, -0.15) is 0 Å². The van der Waals surface area contributed by atoms with Crippen LogP contribution in [0.25, 0.3) is 0 Å². The van der Waals surface area contributed by atoms with E-state index in [1.54, 1.807) is 18.2 Å². The minimum Gasteiger partial charge on any atom is -0.491 e. The normalized spacial score (nSPS) is 13.8. The van der Waals surface area contributed by atoms with Gasteiger partial charge in [-0.3, -0.25) is 4.79 Å². The van der Waals surface area contributed by atoms with Crippen LogP contribution >= 0.6 is 0 Å². The molecule has 1 fully saturated rings. The van der Waals surface area contributed by atoms with E-state index in [4.69, 9.17) is 4.74 Å². The van der Waals surface area contributed by atoms with Gasteiger partial charge in [-0.05, 0) is 50.5 Å². The molecule has 0 saturated heterocycles. The molecular formula is C21H24FNO2. The molecule has 1 amide bonds. The molecule has 1 aliphatic carbocycles. The summed E-state index contributed by atoms with van der Waals surface area (Å²) in [7, 11) is 0. The summed E-state index contributed by atoms with van der Waals surface area (Å²) in [5.74, 6) is 0.549. The van der Waals surface area contributed by atoms with Crippen LogP contribution in [-0.2, 0) is 17.8 Å². The number of carbonyl (C=O) groups excluding carboxylic acids is 1. The molecule has 1 aliphatic rings. The maximum absolute atomic E-state index is 13.9. The van der Waals surface area contributed by atoms with E-state index in [9.17, 15) is 9.18 Å². The van der Waals surface area contributed by atoms with Crippen LogP contribution in [0.15, 0.2) is 48.5 Å². The minimum atomic E-state index is -0.256. The number of halogens is 1. The number of carbonyl (C=O) groups is 1. The lowest BCUT2D eigenvalue weighted by Gasteiger charge is -2.23. The maximum Gasteiger partial charge on any atom is 0.227 e. The molecule has 3 rings (SSSR count). The molecule has 3 nitrogen and oxygen atoms in total. The summed E-state index contributed by atoms with van der Waals surface area (Å²) in [6.07, 6.45) is 2.39. The minimum absolute atomic E-state index is 0.0347. The molecule has 0 aromatic heterocycles. The van der Waals surface area contributed by atoms with Crippen LogP contribution < -0.4 is 4.74 Å². The van der Waals surface area contributed by atoms with E-state index >= 15 is 0 Å². The van der Waals surface area contributed by atoms with Gasteiger partial charge in [0.05, 0.1) is 12.5 Å². The number of hydrogen-bond donors (Lipinski definition) is 0. The Hall–Kier alpha value is -2.36. The summed E-state index contributed by atoms with van der Waals surface area (Å²) in [5, 5.41) is 0. The molecular weight excluding hydrogens is 317 g/mol. The fourth-order valence-electron chi connectivity index (χ4n) is 2.89. The Kier molecular flexibility index (Phi) is 5.37. The second-order valence-electron chi connectivity index (χ2n) is 6.84. The van der Waals surface area contributed by atoms with E-state index in [1.165, 1.54) is 6.07 Å². The first-order valence-corrected chi connectivity index (χ1v) is 8.81. The zero-order chi connectivity index (χ0) is 17.8. The van der Waals surface area contributed by atoms with Crippen molar-refractivity contribution < 1.29 is 13.9 Å². The van der Waals surface area contributed by atoms with Crippen LogP contribution in [0.2, 0.25) is 0 Å². The summed E-state index contributed by atoms with van der Waals surface area (Å²) >= 11 is 0. The van der Waals surface area contributed by atoms with Gasteiger partial charge in [0.25, 0.3) is 0 Å². The van der Waals surface area contributed by atoms with Gasteiger partial charge in [-0.15, -0.1) is 0 Å². The monoisotopic (exact) mass is 341 g/mol. The molecule has 0 N–H and O–H groups in total. The molecule has 0 radical (unpaired) electrons. The lowest BCUT2D eigenvalue weighted by molar-refractivity contribution is -0.131. The van der Waals surface area contributed by atoms with Crippen LogP contribution in [0.1, 0.15) is 37.8 Å². The number of hydrogen-bond acceptors (Lipinski definition) is 2. The largest absolute Gasteiger partial charge is 0.491 e. The Labute approximate surface area is 148 Å². The Balaban J connectivity index is 1.70. The van der Waals surface area contributed by atoms with E-state index in [0.29, 0.717) is 18.5 Å². The van der Waals surface area contributed by atoms with E-state index in [-0.39, 0.29) is 23.9 Å². The summed E-state index contributed by atoms with van der Waals surface area (Å²) in [5.41, 5.74) is 1.49. The molecule has 0 aliphatic heterocycles. The van der Waals surface area contributed by atoms with Gasteiger partial charge in [0.2, 0.25) is 5.91 Å². The van der Waals surface area contributed by atoms with Crippen LogP contribution in [0.5, 0.6) is 5.75 Å². The molecule has 0 atom stereocenters. The SMILES string of the molecule is CC(C)Oc1cccc(CC(=O)N(Cc2ccccc2F)C2CC2)c1. The van der Waals surface area contributed by atoms with Gasteiger partial charge in [0.15, 0.2) is 0 Å². The standard InChI is InChI=1S/C21H24FNO2/c1-15(2)25-19-8-5-6-16(12-19)13-21(24)23(18-10-11-18)14-17-7-3-4-9-20(17)22/h3-9,12,15,18H,10-11,13-14H2,1-2H3. The maximum atomic E-state index is 13.9. The number of ether oxygens (including phenoxy) is 1. The van der Waals surface area contributed by atoms with Crippen molar-refractivity contribution in [2.24, 2.45) is 0 Å². The molecule has 4 heteroatoms. The third-order valence-corrected chi connectivity index (χ3v) is 4.23. The lowest BCUT2D eigenvalue weighted by atomic mass is 10.1. The van der Waals surface area contributed by atoms with Crippen LogP contribution in [0, 0.1) is 5.82 Å². The second-order valence-corrected chi connectivity index (χ2v) is 6.84. The van der Waals surface area contributed by atoms with Crippen LogP contribution in [0.4, 0.5) is 4.39 Å². The Bertz CT molecular complexity index is 740. The predicted octanol–water partition coefficient (Wildman–Crippen LogP) is 4.35. The van der Waals surface area contributed by atoms with Gasteiger partial charge < -0.3 is 9.64 Å². The summed E-state index contributed by atoms with van der Waals surface area (Å²) < 4.78 is 19.6. The first kappa shape index (κ1) is 17.5. The highest BCUT2D eigenvalue weighted by Crippen LogP contribution is 2.29. The van der Waals surface area contributed by atoms with E-state index < -0.39 is 0 Å². The molecule has 1 saturated carbocycles. The molecule has 0 spiro atoms. The first-order valence-electron chi connectivity index (χ1n) is 8.81. The highest BCUT2D eigenvalue weighted by Gasteiger charge is 2.32. The molecule has 2 aromatic carbocycles. The van der Waals surface area contributed by atoms with Gasteiger partial charge in [-0.25, -0.2) is 4.39 Å². The van der Waals surface area contributed by atoms with E-state index in [2.05, 4.69) is 0 Å². The molecule has 132 valence electrons. The van der Waals surface area contributed by atoms with Gasteiger partial charge in [0, 0.05) is 18.2 Å². The molecule has 25 heavy (non-hydrogen) atoms. The van der Waals surface area contributed by atoms with Gasteiger partial charge in [0.1, 0.15) is 11.6 Å². The number of rotatable bonds is 7. The Morgan fingerprint density at radius 1 is 1.20 bits per heavy atom. The van der Waals surface area contributed by atoms with Crippen molar-refractivity contribution >= 4 is 5.91 Å². The van der Waals surface area contributed by atoms with Crippen molar-refractivity contribution in [3.05, 3.63) is 65.5 Å². The van der Waals surface area contributed by atoms with Crippen molar-refractivity contribution in [2.45, 2.75) is 51.8 Å². The topological polar surface area (TPSA) is 29.5 Å². The third-order valence-electron chi connectivity index (χ3n) is 4.23. The molecule has 0 bridgehead atoms. The zero-order valence-electron chi connectivity index (χ0n) is 14.7. The van der Waals surface area contributed by atoms with E-state index in [0.717, 1.165) is 24.2 Å². The summed E-state index contributed by atoms with van der Waals surface area (Å²) in [6, 6.07) is 14.5. The van der Waals surface area contributed by atoms with Gasteiger partial charge in [-0.1, -0.05) is 30.3 Å². The summed E-state index contributed by atoms with van der Waals surface area (Å²) in [4.78, 5) is 14.6. The Morgan fingerprint density at radius 2 is 1.96 bits per heavy atom. The molecule has 0 heterocycles. The fraction of sp³-hybridized carbons (Fsp3) is 0.381. The number of amides is 1. The van der Waals surface area contributed by atoms with Gasteiger partial charge >= 0.3 is 0 Å². The highest BCUT2D eigenvalue weighted by atomic mass is 19.1. The van der Waals surface area contributed by atoms with Crippen molar-refractivity contribution in [3.63, 3.8) is 0 Å². The van der Waals surface area contributed by atoms with Crippen LogP contribution in [-0.4, -0.2) is 23.0 Å². The predicted molar refractivity (Wildman–Crippen MR) is 95.9 cm³/mol. The van der Waals surface area contributed by atoms with Crippen LogP contribution in [0.3, 0.4) is 0 Å².